The summed E-state index contributed by atoms with van der Waals surface area (Å²) in [5.41, 5.74) is 0. The molecule has 0 aromatic carbocycles. The molecule has 1 rings (SSSR count). The van der Waals surface area contributed by atoms with Gasteiger partial charge in [0.15, 0.2) is 6.04 Å². The molecule has 2 amide bonds. The minimum absolute atomic E-state index is 0.469. The number of aliphatic hydroxyl groups excluding tert-OH is 1. The SMILES string of the molecule is CC1CCCC(CNC(=O)NC(CO)C(=O)O)C1. The zero-order valence-electron chi connectivity index (χ0n) is 10.7. The standard InChI is InChI=1S/C12H22N2O4/c1-8-3-2-4-9(5-8)6-13-12(18)14-10(7-15)11(16)17/h8-10,15H,2-7H2,1H3,(H,16,17)(H2,13,14,18). The van der Waals surface area contributed by atoms with Crippen molar-refractivity contribution >= 4 is 12.0 Å². The maximum Gasteiger partial charge on any atom is 0.328 e. The third-order valence-corrected chi connectivity index (χ3v) is 3.38. The van der Waals surface area contributed by atoms with Crippen molar-refractivity contribution in [1.82, 2.24) is 10.6 Å². The van der Waals surface area contributed by atoms with Crippen LogP contribution in [-0.4, -0.2) is 41.4 Å². The first-order chi connectivity index (χ1) is 8.52. The lowest BCUT2D eigenvalue weighted by Crippen LogP contribution is -2.48. The maximum atomic E-state index is 11.4. The Bertz CT molecular complexity index is 296. The molecule has 3 unspecified atom stereocenters. The Morgan fingerprint density at radius 1 is 1.39 bits per heavy atom. The van der Waals surface area contributed by atoms with E-state index in [1.54, 1.807) is 0 Å². The van der Waals surface area contributed by atoms with E-state index >= 15 is 0 Å². The molecule has 6 nitrogen and oxygen atoms in total. The molecule has 1 fully saturated rings. The third-order valence-electron chi connectivity index (χ3n) is 3.38. The number of carboxylic acid groups (broad SMARTS) is 1. The van der Waals surface area contributed by atoms with Crippen LogP contribution in [0.5, 0.6) is 0 Å². The molecule has 0 heterocycles. The smallest absolute Gasteiger partial charge is 0.328 e. The number of carboxylic acids is 1. The van der Waals surface area contributed by atoms with E-state index in [-0.39, 0.29) is 0 Å². The summed E-state index contributed by atoms with van der Waals surface area (Å²) in [5.74, 6) is -0.0753. The number of carbonyl (C=O) groups is 2. The second-order valence-corrected chi connectivity index (χ2v) is 5.07. The van der Waals surface area contributed by atoms with Gasteiger partial charge in [-0.1, -0.05) is 19.8 Å². The van der Waals surface area contributed by atoms with Gasteiger partial charge in [0, 0.05) is 6.54 Å². The van der Waals surface area contributed by atoms with Gasteiger partial charge in [0.25, 0.3) is 0 Å². The Hall–Kier alpha value is -1.30. The topological polar surface area (TPSA) is 98.7 Å². The highest BCUT2D eigenvalue weighted by Crippen LogP contribution is 2.27. The summed E-state index contributed by atoms with van der Waals surface area (Å²) in [7, 11) is 0. The van der Waals surface area contributed by atoms with Crippen LogP contribution < -0.4 is 10.6 Å². The second kappa shape index (κ2) is 7.20. The molecule has 3 atom stereocenters. The predicted octanol–water partition coefficient (Wildman–Crippen LogP) is 0.557. The highest BCUT2D eigenvalue weighted by Gasteiger charge is 2.21. The number of rotatable bonds is 5. The number of aliphatic carboxylic acids is 1. The Labute approximate surface area is 107 Å². The molecule has 1 aliphatic carbocycles. The minimum atomic E-state index is -1.24. The van der Waals surface area contributed by atoms with Gasteiger partial charge in [-0.15, -0.1) is 0 Å². The molecule has 1 saturated carbocycles. The lowest BCUT2D eigenvalue weighted by molar-refractivity contribution is -0.140. The van der Waals surface area contributed by atoms with E-state index in [1.165, 1.54) is 12.8 Å². The monoisotopic (exact) mass is 258 g/mol. The molecule has 0 bridgehead atoms. The maximum absolute atomic E-state index is 11.4. The van der Waals surface area contributed by atoms with Crippen LogP contribution in [0.15, 0.2) is 0 Å². The van der Waals surface area contributed by atoms with Crippen molar-refractivity contribution in [2.75, 3.05) is 13.2 Å². The normalized spacial score (nSPS) is 25.2. The highest BCUT2D eigenvalue weighted by molar-refractivity contribution is 5.82. The van der Waals surface area contributed by atoms with Crippen molar-refractivity contribution in [2.24, 2.45) is 11.8 Å². The van der Waals surface area contributed by atoms with E-state index in [1.807, 2.05) is 0 Å². The number of urea groups is 1. The number of amides is 2. The van der Waals surface area contributed by atoms with Gasteiger partial charge in [-0.2, -0.15) is 0 Å². The minimum Gasteiger partial charge on any atom is -0.480 e. The van der Waals surface area contributed by atoms with Gasteiger partial charge in [-0.3, -0.25) is 0 Å². The van der Waals surface area contributed by atoms with E-state index < -0.39 is 24.6 Å². The first-order valence-corrected chi connectivity index (χ1v) is 6.41. The second-order valence-electron chi connectivity index (χ2n) is 5.07. The van der Waals surface area contributed by atoms with E-state index in [4.69, 9.17) is 10.2 Å². The van der Waals surface area contributed by atoms with Crippen molar-refractivity contribution in [3.63, 3.8) is 0 Å². The Morgan fingerprint density at radius 3 is 2.67 bits per heavy atom. The van der Waals surface area contributed by atoms with Crippen molar-refractivity contribution in [3.05, 3.63) is 0 Å². The number of aliphatic hydroxyl groups is 1. The summed E-state index contributed by atoms with van der Waals surface area (Å²) in [6, 6.07) is -1.77. The molecule has 0 aromatic heterocycles. The Kier molecular flexibility index (Phi) is 5.91. The van der Waals surface area contributed by atoms with Gasteiger partial charge >= 0.3 is 12.0 Å². The molecule has 0 aromatic rings. The molecule has 0 radical (unpaired) electrons. The van der Waals surface area contributed by atoms with E-state index in [0.29, 0.717) is 18.4 Å². The van der Waals surface area contributed by atoms with E-state index in [0.717, 1.165) is 12.8 Å². The molecular weight excluding hydrogens is 236 g/mol. The Morgan fingerprint density at radius 2 is 2.11 bits per heavy atom. The van der Waals surface area contributed by atoms with Crippen molar-refractivity contribution in [3.8, 4) is 0 Å². The number of hydrogen-bond acceptors (Lipinski definition) is 3. The summed E-state index contributed by atoms with van der Waals surface area (Å²) in [5, 5.41) is 22.3. The molecular formula is C12H22N2O4. The summed E-state index contributed by atoms with van der Waals surface area (Å²) in [6.45, 7) is 2.16. The van der Waals surface area contributed by atoms with Crippen LogP contribution >= 0.6 is 0 Å². The van der Waals surface area contributed by atoms with Crippen molar-refractivity contribution in [2.45, 2.75) is 38.6 Å². The summed E-state index contributed by atoms with van der Waals surface area (Å²) < 4.78 is 0. The molecule has 0 saturated heterocycles. The number of nitrogens with one attached hydrogen (secondary N) is 2. The fourth-order valence-electron chi connectivity index (χ4n) is 2.38. The van der Waals surface area contributed by atoms with Gasteiger partial charge in [-0.25, -0.2) is 9.59 Å². The van der Waals surface area contributed by atoms with Crippen LogP contribution in [0.3, 0.4) is 0 Å². The average Bonchev–Trinajstić information content (AvgIpc) is 2.33. The lowest BCUT2D eigenvalue weighted by atomic mass is 9.82. The van der Waals surface area contributed by atoms with E-state index in [2.05, 4.69) is 17.6 Å². The third kappa shape index (κ3) is 4.91. The molecule has 104 valence electrons. The highest BCUT2D eigenvalue weighted by atomic mass is 16.4. The van der Waals surface area contributed by atoms with Gasteiger partial charge in [-0.05, 0) is 24.7 Å². The molecule has 1 aliphatic rings. The van der Waals surface area contributed by atoms with Crippen molar-refractivity contribution in [1.29, 1.82) is 0 Å². The summed E-state index contributed by atoms with van der Waals surface area (Å²) in [4.78, 5) is 22.1. The van der Waals surface area contributed by atoms with Gasteiger partial charge in [0.05, 0.1) is 6.61 Å². The molecule has 18 heavy (non-hydrogen) atoms. The van der Waals surface area contributed by atoms with E-state index in [9.17, 15) is 9.59 Å². The van der Waals surface area contributed by atoms with Crippen molar-refractivity contribution < 1.29 is 19.8 Å². The number of carbonyl (C=O) groups excluding carboxylic acids is 1. The first kappa shape index (κ1) is 14.8. The van der Waals surface area contributed by atoms with Crippen LogP contribution in [0, 0.1) is 11.8 Å². The van der Waals surface area contributed by atoms with Crippen LogP contribution in [0.2, 0.25) is 0 Å². The fraction of sp³-hybridized carbons (Fsp3) is 0.833. The van der Waals surface area contributed by atoms with Crippen LogP contribution in [-0.2, 0) is 4.79 Å². The molecule has 4 N–H and O–H groups in total. The van der Waals surface area contributed by atoms with Crippen LogP contribution in [0.1, 0.15) is 32.6 Å². The Balaban J connectivity index is 2.25. The average molecular weight is 258 g/mol. The zero-order valence-corrected chi connectivity index (χ0v) is 10.7. The first-order valence-electron chi connectivity index (χ1n) is 6.41. The quantitative estimate of drug-likeness (QED) is 0.579. The van der Waals surface area contributed by atoms with Gasteiger partial charge < -0.3 is 20.8 Å². The van der Waals surface area contributed by atoms with Gasteiger partial charge in [0.2, 0.25) is 0 Å². The zero-order chi connectivity index (χ0) is 13.5. The summed E-state index contributed by atoms with van der Waals surface area (Å²) in [6.07, 6.45) is 4.63. The van der Waals surface area contributed by atoms with Gasteiger partial charge in [0.1, 0.15) is 0 Å². The fourth-order valence-corrected chi connectivity index (χ4v) is 2.38. The summed E-state index contributed by atoms with van der Waals surface area (Å²) >= 11 is 0. The predicted molar refractivity (Wildman–Crippen MR) is 66.2 cm³/mol. The van der Waals surface area contributed by atoms with Crippen LogP contribution in [0.4, 0.5) is 4.79 Å². The molecule has 0 aliphatic heterocycles. The lowest BCUT2D eigenvalue weighted by Gasteiger charge is -2.27. The van der Waals surface area contributed by atoms with Crippen LogP contribution in [0.25, 0.3) is 0 Å². The largest absolute Gasteiger partial charge is 0.480 e. The molecule has 0 spiro atoms. The molecule has 6 heteroatoms. The number of hydrogen-bond donors (Lipinski definition) is 4.